The summed E-state index contributed by atoms with van der Waals surface area (Å²) in [6.45, 7) is -0.493. The second-order valence-corrected chi connectivity index (χ2v) is 5.31. The summed E-state index contributed by atoms with van der Waals surface area (Å²) >= 11 is 0. The Morgan fingerprint density at radius 2 is 1.96 bits per heavy atom. The fraction of sp³-hybridized carbons (Fsp3) is 0.188. The van der Waals surface area contributed by atoms with E-state index in [0.717, 1.165) is 18.2 Å². The van der Waals surface area contributed by atoms with Gasteiger partial charge in [0.2, 0.25) is 0 Å². The van der Waals surface area contributed by atoms with Gasteiger partial charge in [-0.15, -0.1) is 0 Å². The SMILES string of the molecule is CN(N)C(=O)N(N)c1cccc(C(F)F)c1COc1ccc(O)cc1F. The maximum absolute atomic E-state index is 13.8. The number of ether oxygens (including phenoxy) is 1. The van der Waals surface area contributed by atoms with E-state index in [-0.39, 0.29) is 22.7 Å². The maximum atomic E-state index is 13.8. The van der Waals surface area contributed by atoms with E-state index in [4.69, 9.17) is 16.4 Å². The second-order valence-electron chi connectivity index (χ2n) is 5.31. The largest absolute Gasteiger partial charge is 0.508 e. The van der Waals surface area contributed by atoms with Crippen molar-refractivity contribution in [3.8, 4) is 11.5 Å². The van der Waals surface area contributed by atoms with E-state index in [1.165, 1.54) is 25.2 Å². The molecule has 2 amide bonds. The molecule has 10 heteroatoms. The van der Waals surface area contributed by atoms with E-state index in [9.17, 15) is 23.1 Å². The number of nitrogens with zero attached hydrogens (tertiary/aromatic N) is 2. The number of nitrogens with two attached hydrogens (primary N) is 2. The highest BCUT2D eigenvalue weighted by Crippen LogP contribution is 2.32. The van der Waals surface area contributed by atoms with Crippen molar-refractivity contribution in [2.75, 3.05) is 12.1 Å². The van der Waals surface area contributed by atoms with Gasteiger partial charge < -0.3 is 9.84 Å². The standard InChI is InChI=1S/C16H17F3N4O3/c1-22(20)16(25)23(21)13-4-2-3-10(15(18)19)11(13)8-26-14-6-5-9(24)7-12(14)17/h2-7,15,24H,8,20-21H2,1H3. The number of phenols is 1. The molecule has 0 bridgehead atoms. The molecule has 0 aromatic heterocycles. The molecule has 140 valence electrons. The molecule has 0 fully saturated rings. The normalized spacial score (nSPS) is 10.7. The lowest BCUT2D eigenvalue weighted by Gasteiger charge is -2.24. The van der Waals surface area contributed by atoms with Gasteiger partial charge in [0, 0.05) is 24.2 Å². The molecule has 2 aromatic carbocycles. The zero-order valence-corrected chi connectivity index (χ0v) is 13.7. The van der Waals surface area contributed by atoms with E-state index >= 15 is 0 Å². The number of benzene rings is 2. The molecule has 0 atom stereocenters. The third kappa shape index (κ3) is 4.16. The first kappa shape index (κ1) is 19.3. The Bertz CT molecular complexity index is 802. The van der Waals surface area contributed by atoms with Crippen molar-refractivity contribution in [1.29, 1.82) is 0 Å². The number of aromatic hydroxyl groups is 1. The van der Waals surface area contributed by atoms with E-state index < -0.39 is 30.4 Å². The summed E-state index contributed by atoms with van der Waals surface area (Å²) in [5.41, 5.74) is -0.596. The average molecular weight is 370 g/mol. The van der Waals surface area contributed by atoms with Gasteiger partial charge in [-0.3, -0.25) is 5.01 Å². The van der Waals surface area contributed by atoms with Crippen LogP contribution in [0.1, 0.15) is 17.6 Å². The quantitative estimate of drug-likeness (QED) is 0.426. The number of carbonyl (C=O) groups excluding carboxylic acids is 1. The van der Waals surface area contributed by atoms with Gasteiger partial charge in [-0.05, 0) is 18.2 Å². The Morgan fingerprint density at radius 3 is 2.54 bits per heavy atom. The summed E-state index contributed by atoms with van der Waals surface area (Å²) in [5, 5.41) is 10.5. The molecule has 0 saturated heterocycles. The van der Waals surface area contributed by atoms with Gasteiger partial charge in [0.15, 0.2) is 11.6 Å². The van der Waals surface area contributed by atoms with Crippen LogP contribution >= 0.6 is 0 Å². The van der Waals surface area contributed by atoms with Crippen LogP contribution in [0.25, 0.3) is 0 Å². The zero-order chi connectivity index (χ0) is 19.4. The predicted molar refractivity (Wildman–Crippen MR) is 87.8 cm³/mol. The van der Waals surface area contributed by atoms with Gasteiger partial charge in [0.05, 0.1) is 5.69 Å². The lowest BCUT2D eigenvalue weighted by molar-refractivity contribution is 0.148. The number of alkyl halides is 2. The fourth-order valence-electron chi connectivity index (χ4n) is 2.21. The summed E-state index contributed by atoms with van der Waals surface area (Å²) < 4.78 is 45.7. The van der Waals surface area contributed by atoms with Crippen LogP contribution in [-0.2, 0) is 6.61 Å². The smallest absolute Gasteiger partial charge is 0.352 e. The lowest BCUT2D eigenvalue weighted by Crippen LogP contribution is -2.49. The summed E-state index contributed by atoms with van der Waals surface area (Å²) in [7, 11) is 1.24. The second kappa shape index (κ2) is 7.93. The van der Waals surface area contributed by atoms with Crippen LogP contribution in [-0.4, -0.2) is 23.2 Å². The molecule has 0 spiro atoms. The summed E-state index contributed by atoms with van der Waals surface area (Å²) in [5.74, 6) is 9.57. The zero-order valence-electron chi connectivity index (χ0n) is 13.7. The minimum absolute atomic E-state index is 0.0655. The van der Waals surface area contributed by atoms with Crippen molar-refractivity contribution in [2.24, 2.45) is 11.7 Å². The number of hydrogen-bond acceptors (Lipinski definition) is 5. The number of anilines is 1. The van der Waals surface area contributed by atoms with Gasteiger partial charge >= 0.3 is 6.03 Å². The Morgan fingerprint density at radius 1 is 1.27 bits per heavy atom. The number of hydrazine groups is 2. The molecule has 0 unspecified atom stereocenters. The number of hydrogen-bond donors (Lipinski definition) is 3. The topological polar surface area (TPSA) is 105 Å². The molecule has 0 aliphatic carbocycles. The van der Waals surface area contributed by atoms with Crippen molar-refractivity contribution in [3.05, 3.63) is 53.3 Å². The number of halogens is 3. The van der Waals surface area contributed by atoms with Crippen molar-refractivity contribution in [3.63, 3.8) is 0 Å². The van der Waals surface area contributed by atoms with Crippen molar-refractivity contribution in [1.82, 2.24) is 5.01 Å². The minimum Gasteiger partial charge on any atom is -0.508 e. The fourth-order valence-corrected chi connectivity index (χ4v) is 2.21. The highest BCUT2D eigenvalue weighted by molar-refractivity contribution is 5.91. The maximum Gasteiger partial charge on any atom is 0.352 e. The van der Waals surface area contributed by atoms with E-state index in [1.807, 2.05) is 0 Å². The molecule has 2 aromatic rings. The van der Waals surface area contributed by atoms with Crippen LogP contribution in [0.2, 0.25) is 0 Å². The number of urea groups is 1. The van der Waals surface area contributed by atoms with Gasteiger partial charge in [-0.25, -0.2) is 34.7 Å². The molecule has 0 saturated carbocycles. The first-order valence-corrected chi connectivity index (χ1v) is 7.30. The summed E-state index contributed by atoms with van der Waals surface area (Å²) in [4.78, 5) is 11.9. The molecule has 5 N–H and O–H groups in total. The molecule has 0 aliphatic rings. The molecule has 2 rings (SSSR count). The first-order valence-electron chi connectivity index (χ1n) is 7.30. The minimum atomic E-state index is -2.88. The average Bonchev–Trinajstić information content (AvgIpc) is 2.59. The third-order valence-electron chi connectivity index (χ3n) is 3.48. The van der Waals surface area contributed by atoms with Gasteiger partial charge in [-0.2, -0.15) is 0 Å². The molecular weight excluding hydrogens is 353 g/mol. The Labute approximate surface area is 147 Å². The van der Waals surface area contributed by atoms with Crippen LogP contribution in [0.15, 0.2) is 36.4 Å². The highest BCUT2D eigenvalue weighted by atomic mass is 19.3. The van der Waals surface area contributed by atoms with Gasteiger partial charge in [0.1, 0.15) is 12.4 Å². The number of amides is 2. The predicted octanol–water partition coefficient (Wildman–Crippen LogP) is 2.65. The summed E-state index contributed by atoms with van der Waals surface area (Å²) in [6.07, 6.45) is -2.88. The number of phenolic OH excluding ortho intramolecular Hbond substituents is 1. The van der Waals surface area contributed by atoms with E-state index in [2.05, 4.69) is 0 Å². The van der Waals surface area contributed by atoms with Crippen LogP contribution in [0.4, 0.5) is 23.7 Å². The third-order valence-corrected chi connectivity index (χ3v) is 3.48. The number of rotatable bonds is 5. The van der Waals surface area contributed by atoms with Gasteiger partial charge in [0.25, 0.3) is 6.43 Å². The van der Waals surface area contributed by atoms with Crippen LogP contribution < -0.4 is 21.4 Å². The Kier molecular flexibility index (Phi) is 5.90. The van der Waals surface area contributed by atoms with Crippen LogP contribution in [0.3, 0.4) is 0 Å². The van der Waals surface area contributed by atoms with Crippen molar-refractivity contribution in [2.45, 2.75) is 13.0 Å². The van der Waals surface area contributed by atoms with E-state index in [1.54, 1.807) is 0 Å². The molecule has 0 radical (unpaired) electrons. The Hall–Kier alpha value is -2.98. The molecular formula is C16H17F3N4O3. The Balaban J connectivity index is 2.39. The molecule has 7 nitrogen and oxygen atoms in total. The molecule has 26 heavy (non-hydrogen) atoms. The monoisotopic (exact) mass is 370 g/mol. The first-order chi connectivity index (χ1) is 12.2. The number of carbonyl (C=O) groups is 1. The lowest BCUT2D eigenvalue weighted by atomic mass is 10.1. The highest BCUT2D eigenvalue weighted by Gasteiger charge is 2.23. The van der Waals surface area contributed by atoms with Crippen LogP contribution in [0, 0.1) is 5.82 Å². The van der Waals surface area contributed by atoms with E-state index in [0.29, 0.717) is 10.0 Å². The van der Waals surface area contributed by atoms with Crippen molar-refractivity contribution < 1.29 is 27.8 Å². The van der Waals surface area contributed by atoms with Gasteiger partial charge in [-0.1, -0.05) is 12.1 Å². The molecule has 0 heterocycles. The molecule has 0 aliphatic heterocycles. The summed E-state index contributed by atoms with van der Waals surface area (Å²) in [6, 6.07) is 6.06. The van der Waals surface area contributed by atoms with Crippen LogP contribution in [0.5, 0.6) is 11.5 Å². The van der Waals surface area contributed by atoms with Crippen molar-refractivity contribution >= 4 is 11.7 Å².